The number of carbonyl (C=O) groups excluding carboxylic acids is 1. The van der Waals surface area contributed by atoms with Gasteiger partial charge in [-0.3, -0.25) is 10.2 Å². The number of unbranched alkanes of at least 4 members (excludes halogenated alkanes) is 1. The predicted molar refractivity (Wildman–Crippen MR) is 146 cm³/mol. The number of nitrogens with zero attached hydrogens (tertiary/aromatic N) is 3. The maximum Gasteiger partial charge on any atom is 0.404 e. The molecule has 1 aliphatic heterocycles. The van der Waals surface area contributed by atoms with Crippen molar-refractivity contribution in [1.29, 1.82) is 0 Å². The Balaban J connectivity index is 1.86. The summed E-state index contributed by atoms with van der Waals surface area (Å²) in [5.41, 5.74) is 4.58. The molecular formula is C26H27Cl2N5O3S. The van der Waals surface area contributed by atoms with Gasteiger partial charge in [-0.25, -0.2) is 14.5 Å². The fourth-order valence-electron chi connectivity index (χ4n) is 4.05. The summed E-state index contributed by atoms with van der Waals surface area (Å²) in [5.74, 6) is 5.90. The van der Waals surface area contributed by atoms with Gasteiger partial charge in [-0.05, 0) is 49.6 Å². The lowest BCUT2D eigenvalue weighted by Gasteiger charge is -2.26. The second kappa shape index (κ2) is 12.5. The number of hydrazine groups is 1. The molecule has 194 valence electrons. The third kappa shape index (κ3) is 6.65. The Morgan fingerprint density at radius 3 is 2.65 bits per heavy atom. The van der Waals surface area contributed by atoms with Crippen molar-refractivity contribution in [3.63, 3.8) is 0 Å². The molecule has 3 aromatic rings. The lowest BCUT2D eigenvalue weighted by atomic mass is 10.1. The molecule has 0 saturated carbocycles. The average Bonchev–Trinajstić information content (AvgIpc) is 3.48. The quantitative estimate of drug-likeness (QED) is 0.310. The van der Waals surface area contributed by atoms with Crippen molar-refractivity contribution in [3.05, 3.63) is 56.5 Å². The molecule has 11 heteroatoms. The van der Waals surface area contributed by atoms with E-state index in [4.69, 9.17) is 23.2 Å². The van der Waals surface area contributed by atoms with Crippen LogP contribution in [0, 0.1) is 11.8 Å². The first-order chi connectivity index (χ1) is 17.9. The molecular weight excluding hydrogens is 533 g/mol. The van der Waals surface area contributed by atoms with Crippen molar-refractivity contribution in [2.24, 2.45) is 0 Å². The van der Waals surface area contributed by atoms with Crippen molar-refractivity contribution in [3.8, 4) is 28.1 Å². The zero-order chi connectivity index (χ0) is 26.4. The van der Waals surface area contributed by atoms with Crippen LogP contribution >= 0.6 is 34.5 Å². The maximum atomic E-state index is 13.4. The van der Waals surface area contributed by atoms with Crippen molar-refractivity contribution in [2.75, 3.05) is 13.1 Å². The van der Waals surface area contributed by atoms with Gasteiger partial charge in [0.25, 0.3) is 5.91 Å². The van der Waals surface area contributed by atoms with Crippen LogP contribution in [0.15, 0.2) is 30.3 Å². The third-order valence-electron chi connectivity index (χ3n) is 5.79. The van der Waals surface area contributed by atoms with E-state index in [0.29, 0.717) is 27.0 Å². The highest BCUT2D eigenvalue weighted by Crippen LogP contribution is 2.36. The number of aromatic nitrogens is 2. The van der Waals surface area contributed by atoms with Crippen molar-refractivity contribution < 1.29 is 14.7 Å². The Bertz CT molecular complexity index is 1350. The largest absolute Gasteiger partial charge is 0.465 e. The first kappa shape index (κ1) is 27.0. The van der Waals surface area contributed by atoms with Gasteiger partial charge in [-0.15, -0.1) is 11.3 Å². The molecule has 8 nitrogen and oxygen atoms in total. The van der Waals surface area contributed by atoms with Gasteiger partial charge in [0.05, 0.1) is 32.7 Å². The van der Waals surface area contributed by atoms with Crippen LogP contribution in [-0.2, 0) is 6.54 Å². The zero-order valence-corrected chi connectivity index (χ0v) is 22.6. The molecule has 0 atom stereocenters. The van der Waals surface area contributed by atoms with Gasteiger partial charge in [0.15, 0.2) is 5.69 Å². The Morgan fingerprint density at radius 1 is 1.16 bits per heavy atom. The van der Waals surface area contributed by atoms with Crippen molar-refractivity contribution >= 4 is 46.5 Å². The van der Waals surface area contributed by atoms with E-state index in [1.807, 2.05) is 17.1 Å². The molecule has 0 bridgehead atoms. The van der Waals surface area contributed by atoms with Crippen molar-refractivity contribution in [1.82, 2.24) is 25.5 Å². The lowest BCUT2D eigenvalue weighted by Crippen LogP contribution is -2.45. The molecule has 1 aromatic carbocycles. The average molecular weight is 561 g/mol. The Hall–Kier alpha value is -3.03. The summed E-state index contributed by atoms with van der Waals surface area (Å²) in [4.78, 5) is 26.5. The second-order valence-corrected chi connectivity index (χ2v) is 10.5. The topological polar surface area (TPSA) is 99.5 Å². The standard InChI is InChI=1S/C26H27Cl2N5O3S/c1-2-3-5-8-18-10-12-22(37-18)24-19(16-29-26(35)36)23(25(34)31-32-13-6-4-7-14-32)30-33(24)21-11-9-17(27)15-20(21)28/h9-12,15,29H,2-4,6-7,13-14,16H2,1H3,(H,31,34)(H,35,36). The van der Waals surface area contributed by atoms with E-state index in [-0.39, 0.29) is 12.2 Å². The van der Waals surface area contributed by atoms with Gasteiger partial charge in [0, 0.05) is 30.1 Å². The smallest absolute Gasteiger partial charge is 0.404 e. The van der Waals surface area contributed by atoms with Crippen LogP contribution in [0.25, 0.3) is 16.3 Å². The number of hydrogen-bond donors (Lipinski definition) is 3. The lowest BCUT2D eigenvalue weighted by molar-refractivity contribution is 0.0743. The van der Waals surface area contributed by atoms with E-state index in [1.54, 1.807) is 22.9 Å². The van der Waals surface area contributed by atoms with Crippen molar-refractivity contribution in [2.45, 2.75) is 45.6 Å². The molecule has 0 radical (unpaired) electrons. The van der Waals surface area contributed by atoms with Crippen LogP contribution in [0.3, 0.4) is 0 Å². The number of piperidine rings is 1. The number of halogens is 2. The van der Waals surface area contributed by atoms with E-state index in [1.165, 1.54) is 11.3 Å². The third-order valence-corrected chi connectivity index (χ3v) is 7.34. The van der Waals surface area contributed by atoms with Crippen LogP contribution in [0.1, 0.15) is 60.0 Å². The Kier molecular flexibility index (Phi) is 9.11. The van der Waals surface area contributed by atoms with E-state index < -0.39 is 12.0 Å². The van der Waals surface area contributed by atoms with Gasteiger partial charge in [0.1, 0.15) is 0 Å². The molecule has 37 heavy (non-hydrogen) atoms. The summed E-state index contributed by atoms with van der Waals surface area (Å²) in [6.07, 6.45) is 3.65. The first-order valence-corrected chi connectivity index (χ1v) is 13.6. The van der Waals surface area contributed by atoms with Gasteiger partial charge in [0.2, 0.25) is 0 Å². The molecule has 2 amide bonds. The molecule has 0 spiro atoms. The second-order valence-electron chi connectivity index (χ2n) is 8.55. The fraction of sp³-hybridized carbons (Fsp3) is 0.346. The summed E-state index contributed by atoms with van der Waals surface area (Å²) < 4.78 is 1.58. The molecule has 3 N–H and O–H groups in total. The van der Waals surface area contributed by atoms with E-state index >= 15 is 0 Å². The Labute approximate surface area is 229 Å². The maximum absolute atomic E-state index is 13.4. The molecule has 1 fully saturated rings. The number of nitrogens with one attached hydrogen (secondary N) is 2. The minimum Gasteiger partial charge on any atom is -0.465 e. The summed E-state index contributed by atoms with van der Waals surface area (Å²) in [7, 11) is 0. The fourth-order valence-corrected chi connectivity index (χ4v) is 5.48. The summed E-state index contributed by atoms with van der Waals surface area (Å²) in [6, 6.07) is 8.81. The number of carbonyl (C=O) groups is 2. The summed E-state index contributed by atoms with van der Waals surface area (Å²) in [5, 5.41) is 19.1. The van der Waals surface area contributed by atoms with Gasteiger partial charge < -0.3 is 10.4 Å². The molecule has 0 aliphatic carbocycles. The number of rotatable bonds is 7. The van der Waals surface area contributed by atoms with E-state index in [0.717, 1.165) is 54.9 Å². The van der Waals surface area contributed by atoms with Crippen LogP contribution in [0.2, 0.25) is 10.0 Å². The predicted octanol–water partition coefficient (Wildman–Crippen LogP) is 5.96. The van der Waals surface area contributed by atoms with Crippen LogP contribution < -0.4 is 10.7 Å². The number of thiophene rings is 1. The van der Waals surface area contributed by atoms with E-state index in [9.17, 15) is 14.7 Å². The van der Waals surface area contributed by atoms with Gasteiger partial charge >= 0.3 is 6.09 Å². The normalized spacial score (nSPS) is 13.6. The first-order valence-electron chi connectivity index (χ1n) is 12.1. The number of hydrogen-bond acceptors (Lipinski definition) is 5. The zero-order valence-electron chi connectivity index (χ0n) is 20.3. The molecule has 2 aromatic heterocycles. The molecule has 4 rings (SSSR count). The van der Waals surface area contributed by atoms with Gasteiger partial charge in [-0.2, -0.15) is 5.10 Å². The summed E-state index contributed by atoms with van der Waals surface area (Å²) >= 11 is 14.1. The highest BCUT2D eigenvalue weighted by atomic mass is 35.5. The molecule has 1 saturated heterocycles. The van der Waals surface area contributed by atoms with Crippen LogP contribution in [0.4, 0.5) is 4.79 Å². The summed E-state index contributed by atoms with van der Waals surface area (Å²) in [6.45, 7) is 3.44. The number of carboxylic acid groups (broad SMARTS) is 1. The molecule has 3 heterocycles. The SMILES string of the molecule is CCCC#Cc1ccc(-c2c(CNC(=O)O)c(C(=O)NN3CCCCC3)nn2-c2ccc(Cl)cc2Cl)s1. The van der Waals surface area contributed by atoms with Gasteiger partial charge in [-0.1, -0.05) is 48.4 Å². The number of amides is 2. The van der Waals surface area contributed by atoms with Crippen LogP contribution in [0.5, 0.6) is 0 Å². The Morgan fingerprint density at radius 2 is 1.95 bits per heavy atom. The highest BCUT2D eigenvalue weighted by Gasteiger charge is 2.28. The highest BCUT2D eigenvalue weighted by molar-refractivity contribution is 7.16. The molecule has 1 aliphatic rings. The van der Waals surface area contributed by atoms with E-state index in [2.05, 4.69) is 34.6 Å². The number of benzene rings is 1. The minimum absolute atomic E-state index is 0.118. The monoisotopic (exact) mass is 559 g/mol. The molecule has 0 unspecified atom stereocenters. The minimum atomic E-state index is -1.21. The van der Waals surface area contributed by atoms with Crippen LogP contribution in [-0.4, -0.2) is 45.0 Å².